The maximum Gasteiger partial charge on any atom is 0.127 e. The molecule has 2 atom stereocenters. The van der Waals surface area contributed by atoms with Crippen LogP contribution in [0.15, 0.2) is 18.2 Å². The van der Waals surface area contributed by atoms with Crippen LogP contribution in [0.25, 0.3) is 0 Å². The fraction of sp³-hybridized carbons (Fsp3) is 0.625. The first-order valence-corrected chi connectivity index (χ1v) is 7.24. The molecule has 4 nitrogen and oxygen atoms in total. The fourth-order valence-electron chi connectivity index (χ4n) is 3.02. The van der Waals surface area contributed by atoms with E-state index >= 15 is 0 Å². The quantitative estimate of drug-likeness (QED) is 0.869. The Labute approximate surface area is 121 Å². The first-order valence-electron chi connectivity index (χ1n) is 7.24. The van der Waals surface area contributed by atoms with Crippen LogP contribution in [0.4, 0.5) is 0 Å². The number of rotatable bonds is 6. The normalized spacial score (nSPS) is 23.6. The summed E-state index contributed by atoms with van der Waals surface area (Å²) in [5, 5.41) is 3.55. The first-order chi connectivity index (χ1) is 9.66. The molecule has 0 aromatic heterocycles. The number of ether oxygens (including phenoxy) is 3. The Bertz CT molecular complexity index is 419. The van der Waals surface area contributed by atoms with E-state index in [4.69, 9.17) is 14.2 Å². The topological polar surface area (TPSA) is 39.7 Å². The lowest BCUT2D eigenvalue weighted by molar-refractivity contribution is -0.0132. The second-order valence-electron chi connectivity index (χ2n) is 5.33. The second kappa shape index (κ2) is 6.46. The fourth-order valence-corrected chi connectivity index (χ4v) is 3.02. The van der Waals surface area contributed by atoms with E-state index in [0.717, 1.165) is 43.1 Å². The van der Waals surface area contributed by atoms with Crippen LogP contribution >= 0.6 is 0 Å². The lowest BCUT2D eigenvalue weighted by Gasteiger charge is -2.35. The predicted molar refractivity (Wildman–Crippen MR) is 79.6 cm³/mol. The summed E-state index contributed by atoms with van der Waals surface area (Å²) in [7, 11) is 3.39. The molecule has 1 heterocycles. The van der Waals surface area contributed by atoms with Gasteiger partial charge in [0, 0.05) is 6.61 Å². The molecule has 1 aliphatic rings. The Morgan fingerprint density at radius 1 is 1.30 bits per heavy atom. The zero-order valence-electron chi connectivity index (χ0n) is 12.9. The molecule has 1 saturated heterocycles. The van der Waals surface area contributed by atoms with E-state index in [-0.39, 0.29) is 11.6 Å². The van der Waals surface area contributed by atoms with Gasteiger partial charge in [-0.15, -0.1) is 0 Å². The van der Waals surface area contributed by atoms with Gasteiger partial charge in [0.2, 0.25) is 0 Å². The number of methoxy groups -OCH3 is 2. The van der Waals surface area contributed by atoms with Crippen LogP contribution in [-0.2, 0) is 4.74 Å². The number of hydrogen-bond acceptors (Lipinski definition) is 4. The van der Waals surface area contributed by atoms with Crippen LogP contribution in [0.3, 0.4) is 0 Å². The lowest BCUT2D eigenvalue weighted by Crippen LogP contribution is -2.41. The molecular weight excluding hydrogens is 254 g/mol. The Kier molecular flexibility index (Phi) is 4.89. The van der Waals surface area contributed by atoms with E-state index in [0.29, 0.717) is 0 Å². The van der Waals surface area contributed by atoms with E-state index in [1.807, 2.05) is 18.2 Å². The minimum absolute atomic E-state index is 0.0566. The van der Waals surface area contributed by atoms with Crippen LogP contribution < -0.4 is 14.8 Å². The van der Waals surface area contributed by atoms with Crippen LogP contribution in [0.5, 0.6) is 11.5 Å². The molecule has 4 heteroatoms. The van der Waals surface area contributed by atoms with Crippen LogP contribution in [0.2, 0.25) is 0 Å². The maximum atomic E-state index is 6.03. The third-order valence-electron chi connectivity index (χ3n) is 4.02. The van der Waals surface area contributed by atoms with Crippen molar-refractivity contribution in [1.82, 2.24) is 5.32 Å². The van der Waals surface area contributed by atoms with Crippen LogP contribution in [0, 0.1) is 0 Å². The number of nitrogens with one attached hydrogen (secondary N) is 1. The van der Waals surface area contributed by atoms with Gasteiger partial charge in [0.15, 0.2) is 0 Å². The summed E-state index contributed by atoms with van der Waals surface area (Å²) in [4.78, 5) is 0. The molecule has 1 N–H and O–H groups in total. The maximum absolute atomic E-state index is 6.03. The van der Waals surface area contributed by atoms with Gasteiger partial charge in [0.05, 0.1) is 31.4 Å². The predicted octanol–water partition coefficient (Wildman–Crippen LogP) is 2.92. The first kappa shape index (κ1) is 15.1. The van der Waals surface area contributed by atoms with Crippen molar-refractivity contribution in [3.05, 3.63) is 23.8 Å². The summed E-state index contributed by atoms with van der Waals surface area (Å²) in [5.41, 5.74) is 0.821. The molecule has 1 aromatic carbocycles. The number of likely N-dealkylation sites (N-methyl/N-ethyl adjacent to an activating group) is 1. The standard InChI is InChI=1S/C16H25NO3/c1-5-17-15(16(2)10-7-11-20-16)14-12(18-3)8-6-9-13(14)19-4/h6,8-9,15,17H,5,7,10-11H2,1-4H3. The van der Waals surface area contributed by atoms with Gasteiger partial charge in [0.25, 0.3) is 0 Å². The molecule has 0 amide bonds. The highest BCUT2D eigenvalue weighted by Crippen LogP contribution is 2.44. The van der Waals surface area contributed by atoms with Gasteiger partial charge in [-0.3, -0.25) is 0 Å². The molecule has 0 spiro atoms. The molecule has 1 aliphatic heterocycles. The SMILES string of the molecule is CCNC(c1c(OC)cccc1OC)C1(C)CCCO1. The molecule has 1 aromatic rings. The highest BCUT2D eigenvalue weighted by molar-refractivity contribution is 5.48. The van der Waals surface area contributed by atoms with Crippen LogP contribution in [-0.4, -0.2) is 33.0 Å². The summed E-state index contributed by atoms with van der Waals surface area (Å²) < 4.78 is 17.1. The number of hydrogen-bond donors (Lipinski definition) is 1. The molecule has 0 bridgehead atoms. The lowest BCUT2D eigenvalue weighted by atomic mass is 9.86. The molecular formula is C16H25NO3. The van der Waals surface area contributed by atoms with Crippen molar-refractivity contribution in [3.63, 3.8) is 0 Å². The van der Waals surface area contributed by atoms with E-state index in [9.17, 15) is 0 Å². The highest BCUT2D eigenvalue weighted by atomic mass is 16.5. The Balaban J connectivity index is 2.48. The van der Waals surface area contributed by atoms with Gasteiger partial charge in [-0.25, -0.2) is 0 Å². The summed E-state index contributed by atoms with van der Waals surface area (Å²) in [5.74, 6) is 1.68. The van der Waals surface area contributed by atoms with E-state index in [2.05, 4.69) is 19.2 Å². The molecule has 0 saturated carbocycles. The monoisotopic (exact) mass is 279 g/mol. The average molecular weight is 279 g/mol. The van der Waals surface area contributed by atoms with Crippen molar-refractivity contribution in [2.45, 2.75) is 38.3 Å². The Morgan fingerprint density at radius 3 is 2.40 bits per heavy atom. The summed E-state index contributed by atoms with van der Waals surface area (Å²) in [6.45, 7) is 5.95. The van der Waals surface area contributed by atoms with Crippen molar-refractivity contribution >= 4 is 0 Å². The molecule has 0 aliphatic carbocycles. The van der Waals surface area contributed by atoms with E-state index in [1.165, 1.54) is 0 Å². The minimum Gasteiger partial charge on any atom is -0.496 e. The van der Waals surface area contributed by atoms with Gasteiger partial charge in [-0.1, -0.05) is 13.0 Å². The second-order valence-corrected chi connectivity index (χ2v) is 5.33. The summed E-state index contributed by atoms with van der Waals surface area (Å²) in [6, 6.07) is 5.95. The minimum atomic E-state index is -0.224. The Morgan fingerprint density at radius 2 is 1.95 bits per heavy atom. The van der Waals surface area contributed by atoms with E-state index < -0.39 is 0 Å². The van der Waals surface area contributed by atoms with Crippen molar-refractivity contribution in [3.8, 4) is 11.5 Å². The van der Waals surface area contributed by atoms with Crippen LogP contribution in [0.1, 0.15) is 38.3 Å². The molecule has 112 valence electrons. The zero-order valence-corrected chi connectivity index (χ0v) is 12.9. The molecule has 20 heavy (non-hydrogen) atoms. The van der Waals surface area contributed by atoms with Crippen molar-refractivity contribution in [1.29, 1.82) is 0 Å². The smallest absolute Gasteiger partial charge is 0.127 e. The highest BCUT2D eigenvalue weighted by Gasteiger charge is 2.41. The Hall–Kier alpha value is -1.26. The zero-order chi connectivity index (χ0) is 14.6. The van der Waals surface area contributed by atoms with Gasteiger partial charge in [-0.2, -0.15) is 0 Å². The number of benzene rings is 1. The average Bonchev–Trinajstić information content (AvgIpc) is 2.91. The molecule has 0 radical (unpaired) electrons. The molecule has 2 unspecified atom stereocenters. The van der Waals surface area contributed by atoms with E-state index in [1.54, 1.807) is 14.2 Å². The molecule has 1 fully saturated rings. The third-order valence-corrected chi connectivity index (χ3v) is 4.02. The molecule has 2 rings (SSSR count). The van der Waals surface area contributed by atoms with Gasteiger partial charge in [-0.05, 0) is 38.4 Å². The van der Waals surface area contributed by atoms with Gasteiger partial charge in [0.1, 0.15) is 11.5 Å². The summed E-state index contributed by atoms with van der Waals surface area (Å²) >= 11 is 0. The van der Waals surface area contributed by atoms with Crippen molar-refractivity contribution in [2.75, 3.05) is 27.4 Å². The van der Waals surface area contributed by atoms with Gasteiger partial charge >= 0.3 is 0 Å². The summed E-state index contributed by atoms with van der Waals surface area (Å²) in [6.07, 6.45) is 2.13. The van der Waals surface area contributed by atoms with Crippen molar-refractivity contribution in [2.24, 2.45) is 0 Å². The van der Waals surface area contributed by atoms with Crippen molar-refractivity contribution < 1.29 is 14.2 Å². The largest absolute Gasteiger partial charge is 0.496 e. The van der Waals surface area contributed by atoms with Gasteiger partial charge < -0.3 is 19.5 Å². The third kappa shape index (κ3) is 2.76.